The van der Waals surface area contributed by atoms with E-state index in [2.05, 4.69) is 10.3 Å². The average Bonchev–Trinajstić information content (AvgIpc) is 2.97. The van der Waals surface area contributed by atoms with Crippen molar-refractivity contribution in [2.45, 2.75) is 18.7 Å². The van der Waals surface area contributed by atoms with E-state index in [9.17, 15) is 13.2 Å². The van der Waals surface area contributed by atoms with Gasteiger partial charge in [0.15, 0.2) is 5.13 Å². The summed E-state index contributed by atoms with van der Waals surface area (Å²) in [6.45, 7) is 4.00. The highest BCUT2D eigenvalue weighted by Gasteiger charge is 2.19. The minimum absolute atomic E-state index is 0.0749. The van der Waals surface area contributed by atoms with Crippen molar-refractivity contribution in [2.75, 3.05) is 19.4 Å². The lowest BCUT2D eigenvalue weighted by molar-refractivity contribution is 0.102. The maximum atomic E-state index is 12.5. The Balaban J connectivity index is 1.90. The van der Waals surface area contributed by atoms with Gasteiger partial charge in [-0.05, 0) is 49.2 Å². The van der Waals surface area contributed by atoms with Crippen LogP contribution in [0.25, 0.3) is 10.2 Å². The number of rotatable bonds is 4. The molecule has 0 saturated carbocycles. The second-order valence-electron chi connectivity index (χ2n) is 6.22. The van der Waals surface area contributed by atoms with Crippen molar-refractivity contribution in [1.82, 2.24) is 9.29 Å². The maximum absolute atomic E-state index is 12.5. The third-order valence-corrected chi connectivity index (χ3v) is 6.65. The highest BCUT2D eigenvalue weighted by atomic mass is 32.2. The van der Waals surface area contributed by atoms with Gasteiger partial charge < -0.3 is 0 Å². The van der Waals surface area contributed by atoms with Crippen molar-refractivity contribution in [3.8, 4) is 0 Å². The summed E-state index contributed by atoms with van der Waals surface area (Å²) in [6, 6.07) is 10.0. The first kappa shape index (κ1) is 18.5. The lowest BCUT2D eigenvalue weighted by Gasteiger charge is -2.12. The predicted octanol–water partition coefficient (Wildman–Crippen LogP) is 3.42. The molecule has 0 bridgehead atoms. The first-order chi connectivity index (χ1) is 12.2. The number of amides is 1. The molecule has 0 aliphatic rings. The number of aryl methyl sites for hydroxylation is 2. The number of thiazole rings is 1. The molecule has 136 valence electrons. The van der Waals surface area contributed by atoms with Crippen LogP contribution in [0.3, 0.4) is 0 Å². The Morgan fingerprint density at radius 2 is 1.88 bits per heavy atom. The molecule has 3 aromatic rings. The minimum atomic E-state index is -3.60. The molecule has 0 aliphatic carbocycles. The maximum Gasteiger partial charge on any atom is 0.257 e. The van der Waals surface area contributed by atoms with E-state index < -0.39 is 15.9 Å². The molecule has 6 nitrogen and oxygen atoms in total. The number of nitrogens with zero attached hydrogens (tertiary/aromatic N) is 2. The molecule has 0 saturated heterocycles. The molecule has 0 aliphatic heterocycles. The number of sulfonamides is 1. The van der Waals surface area contributed by atoms with E-state index in [4.69, 9.17) is 0 Å². The van der Waals surface area contributed by atoms with E-state index >= 15 is 0 Å². The number of benzene rings is 2. The minimum Gasteiger partial charge on any atom is -0.298 e. The lowest BCUT2D eigenvalue weighted by atomic mass is 10.1. The number of anilines is 1. The van der Waals surface area contributed by atoms with Crippen LogP contribution in [0.2, 0.25) is 0 Å². The molecule has 0 unspecified atom stereocenters. The fraction of sp³-hybridized carbons (Fsp3) is 0.222. The van der Waals surface area contributed by atoms with Gasteiger partial charge >= 0.3 is 0 Å². The quantitative estimate of drug-likeness (QED) is 0.741. The molecule has 3 rings (SSSR count). The number of hydrogen-bond donors (Lipinski definition) is 1. The highest BCUT2D eigenvalue weighted by Crippen LogP contribution is 2.29. The van der Waals surface area contributed by atoms with Gasteiger partial charge in [0.25, 0.3) is 5.91 Å². The Bertz CT molecular complexity index is 1100. The van der Waals surface area contributed by atoms with Gasteiger partial charge in [-0.15, -0.1) is 0 Å². The predicted molar refractivity (Wildman–Crippen MR) is 104 cm³/mol. The smallest absolute Gasteiger partial charge is 0.257 e. The summed E-state index contributed by atoms with van der Waals surface area (Å²) in [7, 11) is -0.693. The summed E-state index contributed by atoms with van der Waals surface area (Å²) in [5, 5.41) is 3.25. The molecule has 1 heterocycles. The molecule has 0 atom stereocenters. The normalized spacial score (nSPS) is 11.9. The summed E-state index contributed by atoms with van der Waals surface area (Å²) in [5.41, 5.74) is 3.31. The van der Waals surface area contributed by atoms with Crippen LogP contribution in [0.15, 0.2) is 41.3 Å². The second-order valence-corrected chi connectivity index (χ2v) is 9.40. The van der Waals surface area contributed by atoms with E-state index in [0.29, 0.717) is 5.13 Å². The van der Waals surface area contributed by atoms with Crippen molar-refractivity contribution < 1.29 is 13.2 Å². The van der Waals surface area contributed by atoms with E-state index in [-0.39, 0.29) is 10.5 Å². The molecular weight excluding hydrogens is 370 g/mol. The second kappa shape index (κ2) is 6.79. The summed E-state index contributed by atoms with van der Waals surface area (Å²) >= 11 is 1.39. The summed E-state index contributed by atoms with van der Waals surface area (Å²) in [5.74, 6) is -0.394. The molecule has 0 spiro atoms. The van der Waals surface area contributed by atoms with Gasteiger partial charge in [0, 0.05) is 19.7 Å². The van der Waals surface area contributed by atoms with E-state index in [1.807, 2.05) is 26.0 Å². The molecule has 8 heteroatoms. The van der Waals surface area contributed by atoms with Gasteiger partial charge in [-0.3, -0.25) is 10.1 Å². The van der Waals surface area contributed by atoms with E-state index in [0.717, 1.165) is 25.6 Å². The summed E-state index contributed by atoms with van der Waals surface area (Å²) in [4.78, 5) is 17.1. The Hall–Kier alpha value is -2.29. The van der Waals surface area contributed by atoms with Crippen molar-refractivity contribution in [1.29, 1.82) is 0 Å². The first-order valence-electron chi connectivity index (χ1n) is 7.90. The molecule has 1 aromatic heterocycles. The number of fused-ring (bicyclic) bond motifs is 1. The number of nitrogens with one attached hydrogen (secondary N) is 1. The molecular formula is C18H19N3O3S2. The van der Waals surface area contributed by atoms with Crippen LogP contribution >= 0.6 is 11.3 Å². The van der Waals surface area contributed by atoms with Gasteiger partial charge in [0.2, 0.25) is 10.0 Å². The van der Waals surface area contributed by atoms with Gasteiger partial charge in [0.05, 0.1) is 15.1 Å². The third kappa shape index (κ3) is 3.48. The van der Waals surface area contributed by atoms with Gasteiger partial charge in [-0.2, -0.15) is 0 Å². The molecule has 0 radical (unpaired) electrons. The Morgan fingerprint density at radius 1 is 1.15 bits per heavy atom. The molecule has 1 amide bonds. The third-order valence-electron chi connectivity index (χ3n) is 3.93. The number of aromatic nitrogens is 1. The van der Waals surface area contributed by atoms with Crippen LogP contribution in [-0.2, 0) is 10.0 Å². The molecule has 2 aromatic carbocycles. The Labute approximate surface area is 156 Å². The lowest BCUT2D eigenvalue weighted by Crippen LogP contribution is -2.22. The fourth-order valence-electron chi connectivity index (χ4n) is 2.60. The standard InChI is InChI=1S/C18H19N3O3S2/c1-11-8-12(2)16-15(9-11)25-18(19-16)20-17(22)13-6-5-7-14(10-13)26(23,24)21(3)4/h5-10H,1-4H3,(H,19,20,22). The van der Waals surface area contributed by atoms with Crippen LogP contribution < -0.4 is 5.32 Å². The fourth-order valence-corrected chi connectivity index (χ4v) is 4.59. The zero-order valence-electron chi connectivity index (χ0n) is 14.9. The highest BCUT2D eigenvalue weighted by molar-refractivity contribution is 7.89. The van der Waals surface area contributed by atoms with Gasteiger partial charge in [0.1, 0.15) is 0 Å². The van der Waals surface area contributed by atoms with Crippen LogP contribution in [0.1, 0.15) is 21.5 Å². The van der Waals surface area contributed by atoms with Crippen LogP contribution in [0, 0.1) is 13.8 Å². The number of hydrogen-bond acceptors (Lipinski definition) is 5. The summed E-state index contributed by atoms with van der Waals surface area (Å²) < 4.78 is 26.6. The topological polar surface area (TPSA) is 79.4 Å². The van der Waals surface area contributed by atoms with Crippen molar-refractivity contribution in [3.05, 3.63) is 53.1 Å². The van der Waals surface area contributed by atoms with Crippen molar-refractivity contribution in [3.63, 3.8) is 0 Å². The largest absolute Gasteiger partial charge is 0.298 e. The zero-order chi connectivity index (χ0) is 19.1. The number of carbonyl (C=O) groups is 1. The van der Waals surface area contributed by atoms with E-state index in [1.54, 1.807) is 12.1 Å². The Morgan fingerprint density at radius 3 is 2.58 bits per heavy atom. The van der Waals surface area contributed by atoms with Crippen LogP contribution in [0.4, 0.5) is 5.13 Å². The summed E-state index contributed by atoms with van der Waals surface area (Å²) in [6.07, 6.45) is 0. The van der Waals surface area contributed by atoms with Crippen molar-refractivity contribution in [2.24, 2.45) is 0 Å². The average molecular weight is 390 g/mol. The van der Waals surface area contributed by atoms with Crippen LogP contribution in [0.5, 0.6) is 0 Å². The SMILES string of the molecule is Cc1cc(C)c2nc(NC(=O)c3cccc(S(=O)(=O)N(C)C)c3)sc2c1. The molecule has 0 fully saturated rings. The number of carbonyl (C=O) groups excluding carboxylic acids is 1. The first-order valence-corrected chi connectivity index (χ1v) is 10.2. The van der Waals surface area contributed by atoms with Gasteiger partial charge in [-0.25, -0.2) is 17.7 Å². The zero-order valence-corrected chi connectivity index (χ0v) is 16.5. The monoisotopic (exact) mass is 389 g/mol. The van der Waals surface area contributed by atoms with Crippen molar-refractivity contribution >= 4 is 42.6 Å². The van der Waals surface area contributed by atoms with Gasteiger partial charge in [-0.1, -0.05) is 23.5 Å². The molecule has 1 N–H and O–H groups in total. The Kier molecular flexibility index (Phi) is 4.83. The van der Waals surface area contributed by atoms with E-state index in [1.165, 1.54) is 37.6 Å². The molecule has 26 heavy (non-hydrogen) atoms. The van der Waals surface area contributed by atoms with Crippen LogP contribution in [-0.4, -0.2) is 37.7 Å².